The summed E-state index contributed by atoms with van der Waals surface area (Å²) in [6.07, 6.45) is 7.53. The molecule has 6 heteroatoms. The summed E-state index contributed by atoms with van der Waals surface area (Å²) in [6.45, 7) is 1.94. The number of ether oxygens (including phenoxy) is 1. The standard InChI is InChI=1S/C10H13N5O/c1-2-8(6-11-3-1)16-10-9-14-13-7-15(9)5-4-12-10/h4-5,7-8,11H,1-3,6H2. The van der Waals surface area contributed by atoms with Crippen LogP contribution in [0.1, 0.15) is 12.8 Å². The van der Waals surface area contributed by atoms with Gasteiger partial charge in [-0.2, -0.15) is 0 Å². The third kappa shape index (κ3) is 1.71. The highest BCUT2D eigenvalue weighted by molar-refractivity contribution is 5.47. The van der Waals surface area contributed by atoms with Crippen LogP contribution in [0.15, 0.2) is 18.7 Å². The van der Waals surface area contributed by atoms with Crippen LogP contribution >= 0.6 is 0 Å². The number of nitrogens with zero attached hydrogens (tertiary/aromatic N) is 4. The van der Waals surface area contributed by atoms with Gasteiger partial charge in [0.1, 0.15) is 12.4 Å². The largest absolute Gasteiger partial charge is 0.470 e. The summed E-state index contributed by atoms with van der Waals surface area (Å²) >= 11 is 0. The molecule has 2 aromatic heterocycles. The smallest absolute Gasteiger partial charge is 0.260 e. The van der Waals surface area contributed by atoms with Crippen LogP contribution in [0.3, 0.4) is 0 Å². The Balaban J connectivity index is 1.85. The summed E-state index contributed by atoms with van der Waals surface area (Å²) < 4.78 is 7.63. The van der Waals surface area contributed by atoms with Gasteiger partial charge in [-0.05, 0) is 19.4 Å². The Morgan fingerprint density at radius 2 is 2.50 bits per heavy atom. The van der Waals surface area contributed by atoms with Crippen molar-refractivity contribution in [1.29, 1.82) is 0 Å². The molecule has 1 atom stereocenters. The van der Waals surface area contributed by atoms with Crippen molar-refractivity contribution in [2.75, 3.05) is 13.1 Å². The van der Waals surface area contributed by atoms with E-state index in [1.54, 1.807) is 23.1 Å². The van der Waals surface area contributed by atoms with Gasteiger partial charge < -0.3 is 10.1 Å². The monoisotopic (exact) mass is 219 g/mol. The summed E-state index contributed by atoms with van der Waals surface area (Å²) in [5.74, 6) is 0.564. The Bertz CT molecular complexity index is 477. The Kier molecular flexibility index (Phi) is 2.41. The van der Waals surface area contributed by atoms with E-state index in [0.717, 1.165) is 25.9 Å². The minimum Gasteiger partial charge on any atom is -0.470 e. The Morgan fingerprint density at radius 3 is 3.38 bits per heavy atom. The fourth-order valence-corrected chi connectivity index (χ4v) is 1.90. The fourth-order valence-electron chi connectivity index (χ4n) is 1.90. The third-order valence-electron chi connectivity index (χ3n) is 2.71. The van der Waals surface area contributed by atoms with Gasteiger partial charge in [-0.25, -0.2) is 4.98 Å². The fraction of sp³-hybridized carbons (Fsp3) is 0.500. The predicted octanol–water partition coefficient (Wildman–Crippen LogP) is 0.255. The highest BCUT2D eigenvalue weighted by Crippen LogP contribution is 2.16. The molecule has 0 bridgehead atoms. The normalized spacial score (nSPS) is 21.1. The lowest BCUT2D eigenvalue weighted by Crippen LogP contribution is -2.37. The van der Waals surface area contributed by atoms with Crippen LogP contribution < -0.4 is 10.1 Å². The van der Waals surface area contributed by atoms with E-state index in [1.807, 2.05) is 0 Å². The molecule has 0 saturated carbocycles. The number of rotatable bonds is 2. The van der Waals surface area contributed by atoms with Gasteiger partial charge in [-0.3, -0.25) is 4.40 Å². The molecule has 1 fully saturated rings. The van der Waals surface area contributed by atoms with Gasteiger partial charge in [0.25, 0.3) is 5.88 Å². The van der Waals surface area contributed by atoms with Crippen molar-refractivity contribution in [2.45, 2.75) is 18.9 Å². The predicted molar refractivity (Wildman–Crippen MR) is 57.3 cm³/mol. The molecule has 16 heavy (non-hydrogen) atoms. The molecule has 2 aromatic rings. The molecular weight excluding hydrogens is 206 g/mol. The zero-order valence-corrected chi connectivity index (χ0v) is 8.83. The van der Waals surface area contributed by atoms with Crippen LogP contribution in [0.2, 0.25) is 0 Å². The molecule has 1 aliphatic rings. The SMILES string of the molecule is c1cn2cnnc2c(OC2CCCNC2)n1. The van der Waals surface area contributed by atoms with Gasteiger partial charge in [-0.1, -0.05) is 0 Å². The summed E-state index contributed by atoms with van der Waals surface area (Å²) in [5, 5.41) is 11.1. The first kappa shape index (κ1) is 9.53. The molecule has 6 nitrogen and oxygen atoms in total. The molecule has 1 N–H and O–H groups in total. The quantitative estimate of drug-likeness (QED) is 0.784. The molecule has 84 valence electrons. The molecule has 3 heterocycles. The van der Waals surface area contributed by atoms with Crippen LogP contribution in [-0.4, -0.2) is 38.8 Å². The minimum atomic E-state index is 0.184. The van der Waals surface area contributed by atoms with Crippen LogP contribution in [0.4, 0.5) is 0 Å². The van der Waals surface area contributed by atoms with E-state index < -0.39 is 0 Å². The topological polar surface area (TPSA) is 64.3 Å². The first-order valence-corrected chi connectivity index (χ1v) is 5.45. The molecule has 0 aliphatic carbocycles. The number of hydrogen-bond donors (Lipinski definition) is 1. The zero-order valence-electron chi connectivity index (χ0n) is 8.83. The molecule has 0 radical (unpaired) electrons. The number of aromatic nitrogens is 4. The van der Waals surface area contributed by atoms with Gasteiger partial charge >= 0.3 is 0 Å². The summed E-state index contributed by atoms with van der Waals surface area (Å²) in [5.41, 5.74) is 0.674. The molecule has 0 aromatic carbocycles. The average Bonchev–Trinajstić information content (AvgIpc) is 2.80. The van der Waals surface area contributed by atoms with E-state index in [2.05, 4.69) is 20.5 Å². The molecular formula is C10H13N5O. The van der Waals surface area contributed by atoms with Crippen molar-refractivity contribution in [3.8, 4) is 5.88 Å². The van der Waals surface area contributed by atoms with Gasteiger partial charge in [0.15, 0.2) is 0 Å². The first-order valence-electron chi connectivity index (χ1n) is 5.45. The molecule has 1 saturated heterocycles. The van der Waals surface area contributed by atoms with Crippen LogP contribution in [0.5, 0.6) is 5.88 Å². The van der Waals surface area contributed by atoms with Crippen molar-refractivity contribution in [1.82, 2.24) is 24.9 Å². The second-order valence-corrected chi connectivity index (χ2v) is 3.88. The van der Waals surface area contributed by atoms with E-state index in [-0.39, 0.29) is 6.10 Å². The van der Waals surface area contributed by atoms with Crippen molar-refractivity contribution in [2.24, 2.45) is 0 Å². The minimum absolute atomic E-state index is 0.184. The molecule has 0 amide bonds. The van der Waals surface area contributed by atoms with Crippen molar-refractivity contribution < 1.29 is 4.74 Å². The summed E-state index contributed by atoms with van der Waals surface area (Å²) in [6, 6.07) is 0. The third-order valence-corrected chi connectivity index (χ3v) is 2.71. The van der Waals surface area contributed by atoms with E-state index >= 15 is 0 Å². The Morgan fingerprint density at radius 1 is 1.50 bits per heavy atom. The maximum atomic E-state index is 5.83. The number of fused-ring (bicyclic) bond motifs is 1. The highest BCUT2D eigenvalue weighted by Gasteiger charge is 2.17. The second-order valence-electron chi connectivity index (χ2n) is 3.88. The number of piperidine rings is 1. The van der Waals surface area contributed by atoms with Gasteiger partial charge in [0, 0.05) is 18.9 Å². The zero-order chi connectivity index (χ0) is 10.8. The Hall–Kier alpha value is -1.69. The highest BCUT2D eigenvalue weighted by atomic mass is 16.5. The molecule has 3 rings (SSSR count). The van der Waals surface area contributed by atoms with Gasteiger partial charge in [0.05, 0.1) is 0 Å². The lowest BCUT2D eigenvalue weighted by molar-refractivity contribution is 0.162. The molecule has 1 aliphatic heterocycles. The maximum Gasteiger partial charge on any atom is 0.260 e. The number of hydrogen-bond acceptors (Lipinski definition) is 5. The summed E-state index contributed by atoms with van der Waals surface area (Å²) in [7, 11) is 0. The van der Waals surface area contributed by atoms with Crippen molar-refractivity contribution in [3.05, 3.63) is 18.7 Å². The van der Waals surface area contributed by atoms with E-state index in [0.29, 0.717) is 11.5 Å². The summed E-state index contributed by atoms with van der Waals surface area (Å²) in [4.78, 5) is 4.20. The first-order chi connectivity index (χ1) is 7.93. The maximum absolute atomic E-state index is 5.83. The van der Waals surface area contributed by atoms with Crippen molar-refractivity contribution in [3.63, 3.8) is 0 Å². The Labute approximate surface area is 92.7 Å². The average molecular weight is 219 g/mol. The van der Waals surface area contributed by atoms with Crippen LogP contribution in [0, 0.1) is 0 Å². The van der Waals surface area contributed by atoms with Gasteiger partial charge in [0.2, 0.25) is 5.65 Å². The number of nitrogens with one attached hydrogen (secondary N) is 1. The molecule has 0 spiro atoms. The molecule has 1 unspecified atom stereocenters. The van der Waals surface area contributed by atoms with Gasteiger partial charge in [-0.15, -0.1) is 10.2 Å². The van der Waals surface area contributed by atoms with E-state index in [9.17, 15) is 0 Å². The second kappa shape index (κ2) is 4.05. The van der Waals surface area contributed by atoms with Crippen LogP contribution in [0.25, 0.3) is 5.65 Å². The lowest BCUT2D eigenvalue weighted by atomic mass is 10.1. The van der Waals surface area contributed by atoms with Crippen molar-refractivity contribution >= 4 is 5.65 Å². The van der Waals surface area contributed by atoms with Crippen LogP contribution in [-0.2, 0) is 0 Å². The lowest BCUT2D eigenvalue weighted by Gasteiger charge is -2.23. The van der Waals surface area contributed by atoms with E-state index in [4.69, 9.17) is 4.74 Å². The van der Waals surface area contributed by atoms with E-state index in [1.165, 1.54) is 0 Å².